The molecule has 0 saturated heterocycles. The Labute approximate surface area is 98.3 Å². The van der Waals surface area contributed by atoms with Gasteiger partial charge < -0.3 is 10.3 Å². The number of aryl methyl sites for hydroxylation is 1. The van der Waals surface area contributed by atoms with Gasteiger partial charge in [-0.2, -0.15) is 5.10 Å². The van der Waals surface area contributed by atoms with Crippen molar-refractivity contribution in [3.05, 3.63) is 41.7 Å². The molecule has 0 spiro atoms. The van der Waals surface area contributed by atoms with Crippen LogP contribution in [0.1, 0.15) is 11.3 Å². The first-order valence-electron chi connectivity index (χ1n) is 5.50. The maximum Gasteiger partial charge on any atom is 0.201 e. The smallest absolute Gasteiger partial charge is 0.201 e. The van der Waals surface area contributed by atoms with E-state index in [0.29, 0.717) is 6.54 Å². The van der Waals surface area contributed by atoms with Crippen LogP contribution in [0.5, 0.6) is 0 Å². The average molecular weight is 227 g/mol. The number of rotatable bonds is 3. The van der Waals surface area contributed by atoms with Crippen LogP contribution in [-0.4, -0.2) is 20.2 Å². The molecule has 86 valence electrons. The number of benzene rings is 1. The third-order valence-electron chi connectivity index (χ3n) is 2.77. The molecule has 1 aromatic carbocycles. The molecule has 0 bridgehead atoms. The fourth-order valence-electron chi connectivity index (χ4n) is 1.77. The van der Waals surface area contributed by atoms with E-state index in [1.54, 1.807) is 0 Å². The Morgan fingerprint density at radius 3 is 2.94 bits per heavy atom. The number of para-hydroxylation sites is 2. The molecular formula is C12H13N5. The minimum Gasteiger partial charge on any atom is -0.352 e. The van der Waals surface area contributed by atoms with E-state index in [0.717, 1.165) is 28.2 Å². The van der Waals surface area contributed by atoms with Gasteiger partial charge in [0.15, 0.2) is 0 Å². The molecule has 2 aromatic heterocycles. The minimum atomic E-state index is 0.710. The van der Waals surface area contributed by atoms with Gasteiger partial charge >= 0.3 is 0 Å². The highest BCUT2D eigenvalue weighted by Crippen LogP contribution is 2.14. The van der Waals surface area contributed by atoms with Crippen molar-refractivity contribution in [2.45, 2.75) is 13.5 Å². The van der Waals surface area contributed by atoms with Gasteiger partial charge in [-0.25, -0.2) is 4.98 Å². The van der Waals surface area contributed by atoms with Crippen LogP contribution < -0.4 is 5.32 Å². The number of aromatic amines is 2. The van der Waals surface area contributed by atoms with Crippen molar-refractivity contribution < 1.29 is 0 Å². The van der Waals surface area contributed by atoms with Crippen LogP contribution in [0.2, 0.25) is 0 Å². The molecule has 3 N–H and O–H groups in total. The molecule has 0 amide bonds. The Balaban J connectivity index is 1.79. The molecule has 0 aliphatic heterocycles. The molecule has 0 atom stereocenters. The highest BCUT2D eigenvalue weighted by Gasteiger charge is 2.03. The Morgan fingerprint density at radius 1 is 1.29 bits per heavy atom. The summed E-state index contributed by atoms with van der Waals surface area (Å²) in [6.45, 7) is 2.71. The van der Waals surface area contributed by atoms with Gasteiger partial charge in [-0.15, -0.1) is 0 Å². The Kier molecular flexibility index (Phi) is 2.29. The lowest BCUT2D eigenvalue weighted by atomic mass is 10.3. The zero-order valence-corrected chi connectivity index (χ0v) is 9.49. The molecule has 5 heteroatoms. The summed E-state index contributed by atoms with van der Waals surface area (Å²) < 4.78 is 0. The largest absolute Gasteiger partial charge is 0.352 e. The van der Waals surface area contributed by atoms with Gasteiger partial charge in [0.2, 0.25) is 5.95 Å². The highest BCUT2D eigenvalue weighted by molar-refractivity contribution is 5.77. The number of aromatic nitrogens is 4. The van der Waals surface area contributed by atoms with E-state index >= 15 is 0 Å². The number of H-pyrrole nitrogens is 2. The number of fused-ring (bicyclic) bond motifs is 1. The summed E-state index contributed by atoms with van der Waals surface area (Å²) in [7, 11) is 0. The maximum atomic E-state index is 4.44. The van der Waals surface area contributed by atoms with Crippen molar-refractivity contribution in [1.29, 1.82) is 0 Å². The predicted molar refractivity (Wildman–Crippen MR) is 66.7 cm³/mol. The van der Waals surface area contributed by atoms with E-state index in [1.807, 2.05) is 37.4 Å². The first-order chi connectivity index (χ1) is 8.33. The molecule has 0 aliphatic carbocycles. The standard InChI is InChI=1S/C12H13N5/c1-8-9(7-14-17-8)6-13-12-15-10-4-2-3-5-11(10)16-12/h2-5,7H,6H2,1H3,(H,14,17)(H2,13,15,16). The summed E-state index contributed by atoms with van der Waals surface area (Å²) in [6.07, 6.45) is 1.82. The molecule has 0 radical (unpaired) electrons. The lowest BCUT2D eigenvalue weighted by Gasteiger charge is -2.00. The summed E-state index contributed by atoms with van der Waals surface area (Å²) in [6, 6.07) is 7.97. The van der Waals surface area contributed by atoms with E-state index < -0.39 is 0 Å². The second-order valence-corrected chi connectivity index (χ2v) is 3.98. The van der Waals surface area contributed by atoms with Crippen LogP contribution in [0, 0.1) is 6.92 Å². The average Bonchev–Trinajstić information content (AvgIpc) is 2.92. The summed E-state index contributed by atoms with van der Waals surface area (Å²) in [4.78, 5) is 7.67. The van der Waals surface area contributed by atoms with Crippen LogP contribution in [0.4, 0.5) is 5.95 Å². The van der Waals surface area contributed by atoms with Gasteiger partial charge in [-0.3, -0.25) is 5.10 Å². The molecule has 0 unspecified atom stereocenters. The summed E-state index contributed by atoms with van der Waals surface area (Å²) in [5.41, 5.74) is 4.23. The molecule has 0 fully saturated rings. The summed E-state index contributed by atoms with van der Waals surface area (Å²) >= 11 is 0. The van der Waals surface area contributed by atoms with Crippen molar-refractivity contribution in [3.8, 4) is 0 Å². The van der Waals surface area contributed by atoms with Crippen molar-refractivity contribution in [3.63, 3.8) is 0 Å². The minimum absolute atomic E-state index is 0.710. The van der Waals surface area contributed by atoms with Crippen LogP contribution in [0.3, 0.4) is 0 Å². The van der Waals surface area contributed by atoms with E-state index in [9.17, 15) is 0 Å². The second-order valence-electron chi connectivity index (χ2n) is 3.98. The summed E-state index contributed by atoms with van der Waals surface area (Å²) in [5.74, 6) is 0.784. The van der Waals surface area contributed by atoms with Crippen LogP contribution in [0.25, 0.3) is 11.0 Å². The third-order valence-corrected chi connectivity index (χ3v) is 2.77. The van der Waals surface area contributed by atoms with Crippen LogP contribution in [0.15, 0.2) is 30.5 Å². The number of nitrogens with zero attached hydrogens (tertiary/aromatic N) is 2. The van der Waals surface area contributed by atoms with Gasteiger partial charge in [0.05, 0.1) is 17.2 Å². The molecular weight excluding hydrogens is 214 g/mol. The molecule has 3 rings (SSSR count). The SMILES string of the molecule is Cc1[nH]ncc1CNc1nc2ccccc2[nH]1. The van der Waals surface area contributed by atoms with Gasteiger partial charge in [-0.1, -0.05) is 12.1 Å². The highest BCUT2D eigenvalue weighted by atomic mass is 15.1. The zero-order valence-electron chi connectivity index (χ0n) is 9.49. The number of imidazole rings is 1. The molecule has 3 aromatic rings. The van der Waals surface area contributed by atoms with E-state index in [2.05, 4.69) is 25.5 Å². The lowest BCUT2D eigenvalue weighted by molar-refractivity contribution is 1.04. The van der Waals surface area contributed by atoms with Gasteiger partial charge in [-0.05, 0) is 19.1 Å². The molecule has 0 saturated carbocycles. The van der Waals surface area contributed by atoms with E-state index in [-0.39, 0.29) is 0 Å². The third kappa shape index (κ3) is 1.87. The number of nitrogens with one attached hydrogen (secondary N) is 3. The van der Waals surface area contributed by atoms with Crippen LogP contribution in [-0.2, 0) is 6.54 Å². The normalized spacial score (nSPS) is 10.9. The topological polar surface area (TPSA) is 69.4 Å². The summed E-state index contributed by atoms with van der Waals surface area (Å²) in [5, 5.41) is 10.1. The fraction of sp³-hybridized carbons (Fsp3) is 0.167. The number of hydrogen-bond acceptors (Lipinski definition) is 3. The first-order valence-corrected chi connectivity index (χ1v) is 5.50. The number of hydrogen-bond donors (Lipinski definition) is 3. The Morgan fingerprint density at radius 2 is 2.18 bits per heavy atom. The van der Waals surface area contributed by atoms with Gasteiger partial charge in [0.1, 0.15) is 0 Å². The van der Waals surface area contributed by atoms with Crippen molar-refractivity contribution in [1.82, 2.24) is 20.2 Å². The Hall–Kier alpha value is -2.30. The van der Waals surface area contributed by atoms with E-state index in [1.165, 1.54) is 0 Å². The number of anilines is 1. The van der Waals surface area contributed by atoms with Crippen LogP contribution >= 0.6 is 0 Å². The monoisotopic (exact) mass is 227 g/mol. The van der Waals surface area contributed by atoms with Crippen molar-refractivity contribution in [2.75, 3.05) is 5.32 Å². The molecule has 17 heavy (non-hydrogen) atoms. The zero-order chi connectivity index (χ0) is 11.7. The molecule has 5 nitrogen and oxygen atoms in total. The predicted octanol–water partition coefficient (Wildman–Crippen LogP) is 2.21. The van der Waals surface area contributed by atoms with Crippen molar-refractivity contribution >= 4 is 17.0 Å². The second kappa shape index (κ2) is 3.93. The van der Waals surface area contributed by atoms with E-state index in [4.69, 9.17) is 0 Å². The fourth-order valence-corrected chi connectivity index (χ4v) is 1.77. The molecule has 0 aliphatic rings. The molecule has 2 heterocycles. The lowest BCUT2D eigenvalue weighted by Crippen LogP contribution is -2.01. The first kappa shape index (κ1) is 9.89. The van der Waals surface area contributed by atoms with Gasteiger partial charge in [0.25, 0.3) is 0 Å². The van der Waals surface area contributed by atoms with Crippen molar-refractivity contribution in [2.24, 2.45) is 0 Å². The quantitative estimate of drug-likeness (QED) is 0.642. The Bertz CT molecular complexity index is 604. The maximum absolute atomic E-state index is 4.44. The van der Waals surface area contributed by atoms with Gasteiger partial charge in [0, 0.05) is 17.8 Å².